The van der Waals surface area contributed by atoms with Crippen molar-refractivity contribution in [3.8, 4) is 44.9 Å². The Kier molecular flexibility index (Phi) is 7.56. The quantitative estimate of drug-likeness (QED) is 0.186. The average Bonchev–Trinajstić information content (AvgIpc) is 3.28. The summed E-state index contributed by atoms with van der Waals surface area (Å²) in [6.07, 6.45) is 8.59. The summed E-state index contributed by atoms with van der Waals surface area (Å²) < 4.78 is 0. The van der Waals surface area contributed by atoms with Gasteiger partial charge in [0, 0.05) is 39.4 Å². The first-order chi connectivity index (χ1) is 27.7. The minimum Gasteiger partial charge on any atom is -0.387 e. The third-order valence-electron chi connectivity index (χ3n) is 11.1. The minimum atomic E-state index is 0.0942. The molecule has 11 rings (SSSR count). The van der Waals surface area contributed by atoms with E-state index in [2.05, 4.69) is 187 Å². The van der Waals surface area contributed by atoms with E-state index >= 15 is 0 Å². The van der Waals surface area contributed by atoms with Gasteiger partial charge >= 0.3 is 0 Å². The number of benzene rings is 6. The van der Waals surface area contributed by atoms with Crippen molar-refractivity contribution in [3.05, 3.63) is 192 Å². The normalized spacial score (nSPS) is 14.3. The van der Waals surface area contributed by atoms with E-state index < -0.39 is 0 Å². The van der Waals surface area contributed by atoms with Gasteiger partial charge in [0.2, 0.25) is 0 Å². The molecule has 0 spiro atoms. The largest absolute Gasteiger partial charge is 0.387 e. The number of fused-ring (bicyclic) bond motifs is 6. The predicted octanol–water partition coefficient (Wildman–Crippen LogP) is 12.3. The van der Waals surface area contributed by atoms with E-state index in [4.69, 9.17) is 15.0 Å². The van der Waals surface area contributed by atoms with Gasteiger partial charge < -0.3 is 10.6 Å². The second-order valence-corrected chi connectivity index (χ2v) is 14.6. The van der Waals surface area contributed by atoms with E-state index in [0.29, 0.717) is 0 Å². The number of anilines is 1. The van der Waals surface area contributed by atoms with Crippen LogP contribution in [0.4, 0.5) is 5.69 Å². The molecule has 0 aliphatic carbocycles. The molecule has 9 aromatic rings. The van der Waals surface area contributed by atoms with Gasteiger partial charge in [0.05, 0.1) is 45.4 Å². The van der Waals surface area contributed by atoms with Gasteiger partial charge in [-0.15, -0.1) is 0 Å². The second kappa shape index (κ2) is 13.2. The van der Waals surface area contributed by atoms with Crippen molar-refractivity contribution >= 4 is 50.5 Å². The summed E-state index contributed by atoms with van der Waals surface area (Å²) in [7, 11) is 0. The average molecular weight is 718 g/mol. The van der Waals surface area contributed by atoms with Gasteiger partial charge in [-0.25, -0.2) is 15.0 Å². The molecule has 5 heteroatoms. The zero-order valence-electron chi connectivity index (χ0n) is 30.4. The molecule has 1 atom stereocenters. The van der Waals surface area contributed by atoms with E-state index in [0.717, 1.165) is 95.4 Å². The van der Waals surface area contributed by atoms with E-state index in [1.54, 1.807) is 0 Å². The fourth-order valence-electron chi connectivity index (χ4n) is 8.15. The Bertz CT molecular complexity index is 3070. The number of hydrogen-bond acceptors (Lipinski definition) is 5. The molecule has 0 amide bonds. The van der Waals surface area contributed by atoms with Crippen LogP contribution in [-0.2, 0) is 6.54 Å². The van der Waals surface area contributed by atoms with Crippen molar-refractivity contribution < 1.29 is 0 Å². The van der Waals surface area contributed by atoms with E-state index in [1.807, 2.05) is 6.20 Å². The molecule has 0 bridgehead atoms. The highest BCUT2D eigenvalue weighted by molar-refractivity contribution is 5.98. The molecule has 5 heterocycles. The van der Waals surface area contributed by atoms with Gasteiger partial charge in [-0.2, -0.15) is 0 Å². The summed E-state index contributed by atoms with van der Waals surface area (Å²) in [6.45, 7) is 0.827. The monoisotopic (exact) mass is 717 g/mol. The standard InChI is InChI=1S/C51H35N5/c1-2-6-32(7-3-1)44-23-20-35-14-15-36-21-24-46(56-51(36)50(35)55-44)39-9-4-8-37(28-39)38-16-12-33-18-22-45(53-48(33)29-38)40-17-13-34-19-25-47(54-49(34)30-40)43-11-5-10-41-31-52-27-26-42(41)43/h1-30,44,52,55H,31H2. The smallest absolute Gasteiger partial charge is 0.0947 e. The number of hydrogen-bond donors (Lipinski definition) is 2. The lowest BCUT2D eigenvalue weighted by Gasteiger charge is -2.24. The summed E-state index contributed by atoms with van der Waals surface area (Å²) in [5, 5.41) is 10.4. The van der Waals surface area contributed by atoms with Gasteiger partial charge in [-0.3, -0.25) is 0 Å². The molecule has 56 heavy (non-hydrogen) atoms. The second-order valence-electron chi connectivity index (χ2n) is 14.6. The highest BCUT2D eigenvalue weighted by Gasteiger charge is 2.18. The molecular weight excluding hydrogens is 683 g/mol. The zero-order chi connectivity index (χ0) is 37.0. The van der Waals surface area contributed by atoms with E-state index in [9.17, 15) is 0 Å². The van der Waals surface area contributed by atoms with Crippen molar-refractivity contribution in [2.45, 2.75) is 12.6 Å². The Morgan fingerprint density at radius 3 is 2.04 bits per heavy atom. The third kappa shape index (κ3) is 5.69. The Morgan fingerprint density at radius 2 is 1.16 bits per heavy atom. The molecule has 6 aromatic carbocycles. The molecule has 2 aliphatic heterocycles. The Morgan fingerprint density at radius 1 is 0.500 bits per heavy atom. The third-order valence-corrected chi connectivity index (χ3v) is 11.1. The van der Waals surface area contributed by atoms with Gasteiger partial charge in [0.25, 0.3) is 0 Å². The fourth-order valence-corrected chi connectivity index (χ4v) is 8.15. The van der Waals surface area contributed by atoms with Crippen LogP contribution in [0.3, 0.4) is 0 Å². The molecule has 0 radical (unpaired) electrons. The molecule has 3 aromatic heterocycles. The lowest BCUT2D eigenvalue weighted by atomic mass is 9.96. The molecule has 2 N–H and O–H groups in total. The highest BCUT2D eigenvalue weighted by atomic mass is 14.9. The molecule has 2 aliphatic rings. The predicted molar refractivity (Wildman–Crippen MR) is 232 cm³/mol. The number of pyridine rings is 3. The molecule has 5 nitrogen and oxygen atoms in total. The van der Waals surface area contributed by atoms with Crippen molar-refractivity contribution in [2.24, 2.45) is 0 Å². The summed E-state index contributed by atoms with van der Waals surface area (Å²) >= 11 is 0. The van der Waals surface area contributed by atoms with Crippen LogP contribution in [0, 0.1) is 0 Å². The van der Waals surface area contributed by atoms with Crippen molar-refractivity contribution in [1.82, 2.24) is 20.3 Å². The SMILES string of the molecule is C1=Cc2c(cccc2-c2ccc3ccc(-c4ccc5ccc(-c6cccc(-c7ccc8ccc9c(c8n7)NC(c7ccccc7)C=C9)c6)cc5n4)cc3n2)CN1. The van der Waals surface area contributed by atoms with Gasteiger partial charge in [-0.1, -0.05) is 133 Å². The van der Waals surface area contributed by atoms with Gasteiger partial charge in [0.15, 0.2) is 0 Å². The number of rotatable bonds is 5. The molecular formula is C51H35N5. The van der Waals surface area contributed by atoms with Crippen molar-refractivity contribution in [3.63, 3.8) is 0 Å². The molecule has 0 saturated heterocycles. The lowest BCUT2D eigenvalue weighted by Crippen LogP contribution is -2.12. The lowest BCUT2D eigenvalue weighted by molar-refractivity contribution is 0.859. The first-order valence-electron chi connectivity index (χ1n) is 19.1. The van der Waals surface area contributed by atoms with E-state index in [-0.39, 0.29) is 6.04 Å². The first-order valence-corrected chi connectivity index (χ1v) is 19.1. The van der Waals surface area contributed by atoms with Crippen LogP contribution in [0.15, 0.2) is 170 Å². The molecule has 1 unspecified atom stereocenters. The van der Waals surface area contributed by atoms with Crippen molar-refractivity contribution in [1.29, 1.82) is 0 Å². The van der Waals surface area contributed by atoms with Crippen LogP contribution < -0.4 is 10.6 Å². The number of aromatic nitrogens is 3. The van der Waals surface area contributed by atoms with Crippen LogP contribution >= 0.6 is 0 Å². The molecule has 264 valence electrons. The maximum Gasteiger partial charge on any atom is 0.0947 e. The summed E-state index contributed by atoms with van der Waals surface area (Å²) in [4.78, 5) is 15.6. The van der Waals surface area contributed by atoms with Gasteiger partial charge in [-0.05, 0) is 82.1 Å². The molecule has 0 fully saturated rings. The first kappa shape index (κ1) is 32.1. The minimum absolute atomic E-state index is 0.0942. The fraction of sp³-hybridized carbons (Fsp3) is 0.0392. The Hall–Kier alpha value is -7.37. The zero-order valence-corrected chi connectivity index (χ0v) is 30.4. The van der Waals surface area contributed by atoms with Crippen molar-refractivity contribution in [2.75, 3.05) is 5.32 Å². The highest BCUT2D eigenvalue weighted by Crippen LogP contribution is 2.37. The summed E-state index contributed by atoms with van der Waals surface area (Å²) in [6, 6.07) is 55.9. The summed E-state index contributed by atoms with van der Waals surface area (Å²) in [5.74, 6) is 0. The van der Waals surface area contributed by atoms with Crippen LogP contribution in [0.25, 0.3) is 89.8 Å². The Balaban J connectivity index is 0.917. The van der Waals surface area contributed by atoms with Gasteiger partial charge in [0.1, 0.15) is 0 Å². The van der Waals surface area contributed by atoms with Crippen LogP contribution in [0.1, 0.15) is 28.3 Å². The Labute approximate surface area is 324 Å². The van der Waals surface area contributed by atoms with Crippen LogP contribution in [0.2, 0.25) is 0 Å². The summed E-state index contributed by atoms with van der Waals surface area (Å²) in [5.41, 5.74) is 17.2. The maximum absolute atomic E-state index is 5.26. The number of nitrogens with zero attached hydrogens (tertiary/aromatic N) is 3. The topological polar surface area (TPSA) is 62.7 Å². The maximum atomic E-state index is 5.26. The van der Waals surface area contributed by atoms with E-state index in [1.165, 1.54) is 16.7 Å². The number of nitrogens with one attached hydrogen (secondary N) is 2. The molecule has 0 saturated carbocycles. The van der Waals surface area contributed by atoms with Crippen LogP contribution in [0.5, 0.6) is 0 Å². The van der Waals surface area contributed by atoms with Crippen LogP contribution in [-0.4, -0.2) is 15.0 Å².